The van der Waals surface area contributed by atoms with Crippen molar-refractivity contribution in [2.45, 2.75) is 32.2 Å². The van der Waals surface area contributed by atoms with Crippen LogP contribution in [0.25, 0.3) is 0 Å². The van der Waals surface area contributed by atoms with Gasteiger partial charge in [0, 0.05) is 18.7 Å². The molecular weight excluding hydrogens is 310 g/mol. The van der Waals surface area contributed by atoms with Gasteiger partial charge in [0.2, 0.25) is 11.8 Å². The van der Waals surface area contributed by atoms with Gasteiger partial charge in [0.15, 0.2) is 0 Å². The van der Waals surface area contributed by atoms with E-state index in [1.54, 1.807) is 12.1 Å². The number of aryl methyl sites for hydroxylation is 1. The van der Waals surface area contributed by atoms with Crippen LogP contribution in [0, 0.1) is 6.92 Å². The lowest BCUT2D eigenvalue weighted by Crippen LogP contribution is -2.38. The fourth-order valence-corrected chi connectivity index (χ4v) is 3.04. The molecule has 0 saturated carbocycles. The maximum Gasteiger partial charge on any atom is 0.259 e. The van der Waals surface area contributed by atoms with Crippen molar-refractivity contribution in [3.63, 3.8) is 0 Å². The van der Waals surface area contributed by atoms with Crippen molar-refractivity contribution in [3.8, 4) is 11.8 Å². The van der Waals surface area contributed by atoms with Gasteiger partial charge in [-0.3, -0.25) is 4.79 Å². The number of rotatable bonds is 4. The summed E-state index contributed by atoms with van der Waals surface area (Å²) < 4.78 is 15.5. The summed E-state index contributed by atoms with van der Waals surface area (Å²) in [6.07, 6.45) is 2.88. The molecular formula is C17H21N3O4. The first-order chi connectivity index (χ1) is 11.6. The molecule has 0 radical (unpaired) electrons. The number of methoxy groups -OCH3 is 2. The molecule has 0 aromatic carbocycles. The number of pyridine rings is 1. The molecule has 1 aliphatic heterocycles. The van der Waals surface area contributed by atoms with E-state index in [9.17, 15) is 4.79 Å². The van der Waals surface area contributed by atoms with Crippen LogP contribution in [0.15, 0.2) is 22.7 Å². The highest BCUT2D eigenvalue weighted by Crippen LogP contribution is 2.33. The van der Waals surface area contributed by atoms with E-state index in [4.69, 9.17) is 14.0 Å². The van der Waals surface area contributed by atoms with Crippen LogP contribution >= 0.6 is 0 Å². The van der Waals surface area contributed by atoms with Crippen molar-refractivity contribution < 1.29 is 18.8 Å². The highest BCUT2D eigenvalue weighted by atomic mass is 16.5. The third-order valence-electron chi connectivity index (χ3n) is 4.22. The van der Waals surface area contributed by atoms with E-state index in [0.29, 0.717) is 18.0 Å². The summed E-state index contributed by atoms with van der Waals surface area (Å²) in [5.41, 5.74) is 1.21. The van der Waals surface area contributed by atoms with Gasteiger partial charge in [-0.1, -0.05) is 5.16 Å². The first-order valence-electron chi connectivity index (χ1n) is 7.97. The molecule has 0 bridgehead atoms. The minimum absolute atomic E-state index is 0.0875. The maximum absolute atomic E-state index is 13.1. The number of aromatic nitrogens is 2. The Labute approximate surface area is 140 Å². The Morgan fingerprint density at radius 3 is 2.79 bits per heavy atom. The van der Waals surface area contributed by atoms with E-state index >= 15 is 0 Å². The van der Waals surface area contributed by atoms with Gasteiger partial charge in [-0.15, -0.1) is 0 Å². The molecule has 7 nitrogen and oxygen atoms in total. The van der Waals surface area contributed by atoms with Crippen LogP contribution in [-0.2, 0) is 0 Å². The van der Waals surface area contributed by atoms with Crippen molar-refractivity contribution >= 4 is 5.91 Å². The summed E-state index contributed by atoms with van der Waals surface area (Å²) in [6, 6.07) is 5.15. The average molecular weight is 331 g/mol. The molecule has 1 atom stereocenters. The third-order valence-corrected chi connectivity index (χ3v) is 4.22. The predicted molar refractivity (Wildman–Crippen MR) is 86.2 cm³/mol. The Hall–Kier alpha value is -2.57. The Bertz CT molecular complexity index is 728. The summed E-state index contributed by atoms with van der Waals surface area (Å²) in [7, 11) is 3.02. The summed E-state index contributed by atoms with van der Waals surface area (Å²) in [5, 5.41) is 4.10. The zero-order valence-electron chi connectivity index (χ0n) is 14.1. The molecule has 2 aromatic heterocycles. The molecule has 0 unspecified atom stereocenters. The van der Waals surface area contributed by atoms with Gasteiger partial charge in [0.25, 0.3) is 5.91 Å². The molecule has 3 heterocycles. The number of hydrogen-bond acceptors (Lipinski definition) is 6. The molecule has 1 saturated heterocycles. The van der Waals surface area contributed by atoms with Crippen LogP contribution < -0.4 is 9.47 Å². The van der Waals surface area contributed by atoms with Crippen LogP contribution in [0.4, 0.5) is 0 Å². The van der Waals surface area contributed by atoms with Gasteiger partial charge in [-0.2, -0.15) is 4.98 Å². The number of carbonyl (C=O) groups excluding carboxylic acids is 1. The first-order valence-corrected chi connectivity index (χ1v) is 7.97. The normalized spacial score (nSPS) is 17.6. The van der Waals surface area contributed by atoms with Crippen molar-refractivity contribution in [1.82, 2.24) is 15.0 Å². The lowest BCUT2D eigenvalue weighted by atomic mass is 9.98. The maximum atomic E-state index is 13.1. The van der Waals surface area contributed by atoms with Crippen LogP contribution in [0.3, 0.4) is 0 Å². The van der Waals surface area contributed by atoms with E-state index in [-0.39, 0.29) is 17.8 Å². The highest BCUT2D eigenvalue weighted by molar-refractivity contribution is 5.96. The summed E-state index contributed by atoms with van der Waals surface area (Å²) in [5.74, 6) is 1.30. The van der Waals surface area contributed by atoms with Crippen molar-refractivity contribution in [2.24, 2.45) is 0 Å². The second kappa shape index (κ2) is 6.90. The van der Waals surface area contributed by atoms with Gasteiger partial charge in [0.1, 0.15) is 17.0 Å². The number of carbonyl (C=O) groups is 1. The van der Waals surface area contributed by atoms with E-state index in [0.717, 1.165) is 30.7 Å². The lowest BCUT2D eigenvalue weighted by Gasteiger charge is -2.34. The van der Waals surface area contributed by atoms with E-state index in [2.05, 4.69) is 10.1 Å². The van der Waals surface area contributed by atoms with Gasteiger partial charge in [-0.25, -0.2) is 0 Å². The number of hydrogen-bond donors (Lipinski definition) is 0. The Kier molecular flexibility index (Phi) is 4.69. The molecule has 1 fully saturated rings. The number of piperidine rings is 1. The zero-order valence-corrected chi connectivity index (χ0v) is 14.1. The number of likely N-dealkylation sites (tertiary alicyclic amines) is 1. The predicted octanol–water partition coefficient (Wildman–Crippen LogP) is 2.76. The molecule has 0 N–H and O–H groups in total. The highest BCUT2D eigenvalue weighted by Gasteiger charge is 2.32. The minimum atomic E-state index is -0.118. The molecule has 0 spiro atoms. The molecule has 7 heteroatoms. The molecule has 24 heavy (non-hydrogen) atoms. The second-order valence-corrected chi connectivity index (χ2v) is 5.78. The largest absolute Gasteiger partial charge is 0.481 e. The van der Waals surface area contributed by atoms with Crippen molar-refractivity contribution in [1.29, 1.82) is 0 Å². The monoisotopic (exact) mass is 331 g/mol. The Balaban J connectivity index is 1.92. The van der Waals surface area contributed by atoms with Gasteiger partial charge < -0.3 is 18.9 Å². The molecule has 1 aliphatic rings. The summed E-state index contributed by atoms with van der Waals surface area (Å²) >= 11 is 0. The first kappa shape index (κ1) is 16.3. The average Bonchev–Trinajstić information content (AvgIpc) is 3.06. The number of amides is 1. The molecule has 3 rings (SSSR count). The van der Waals surface area contributed by atoms with E-state index in [1.165, 1.54) is 14.2 Å². The van der Waals surface area contributed by atoms with Gasteiger partial charge in [0.05, 0.1) is 20.3 Å². The van der Waals surface area contributed by atoms with Crippen LogP contribution in [0.1, 0.15) is 47.1 Å². The summed E-state index contributed by atoms with van der Waals surface area (Å²) in [4.78, 5) is 19.1. The van der Waals surface area contributed by atoms with Crippen LogP contribution in [0.2, 0.25) is 0 Å². The fraction of sp³-hybridized carbons (Fsp3) is 0.471. The molecule has 2 aromatic rings. The smallest absolute Gasteiger partial charge is 0.259 e. The third kappa shape index (κ3) is 3.06. The Morgan fingerprint density at radius 2 is 2.12 bits per heavy atom. The lowest BCUT2D eigenvalue weighted by molar-refractivity contribution is 0.0597. The van der Waals surface area contributed by atoms with Gasteiger partial charge in [-0.05, 0) is 32.3 Å². The van der Waals surface area contributed by atoms with Crippen molar-refractivity contribution in [2.75, 3.05) is 20.8 Å². The standard InChI is InChI=1S/C17H21N3O4/c1-11-10-13(19-24-11)14-6-4-5-9-20(14)17(21)12-7-8-15(22-2)18-16(12)23-3/h7-8,10,14H,4-6,9H2,1-3H3/t14-/m1/s1. The fourth-order valence-electron chi connectivity index (χ4n) is 3.04. The second-order valence-electron chi connectivity index (χ2n) is 5.78. The van der Waals surface area contributed by atoms with Gasteiger partial charge >= 0.3 is 0 Å². The minimum Gasteiger partial charge on any atom is -0.481 e. The van der Waals surface area contributed by atoms with E-state index in [1.807, 2.05) is 17.9 Å². The van der Waals surface area contributed by atoms with Crippen LogP contribution in [-0.4, -0.2) is 41.7 Å². The quantitative estimate of drug-likeness (QED) is 0.857. The van der Waals surface area contributed by atoms with Crippen molar-refractivity contribution in [3.05, 3.63) is 35.2 Å². The number of nitrogens with zero attached hydrogens (tertiary/aromatic N) is 3. The molecule has 0 aliphatic carbocycles. The topological polar surface area (TPSA) is 77.7 Å². The summed E-state index contributed by atoms with van der Waals surface area (Å²) in [6.45, 7) is 2.52. The number of ether oxygens (including phenoxy) is 2. The molecule has 128 valence electrons. The SMILES string of the molecule is COc1ccc(C(=O)N2CCCC[C@@H]2c2cc(C)on2)c(OC)n1. The molecule has 1 amide bonds. The van der Waals surface area contributed by atoms with Crippen LogP contribution in [0.5, 0.6) is 11.8 Å². The Morgan fingerprint density at radius 1 is 1.29 bits per heavy atom. The van der Waals surface area contributed by atoms with E-state index < -0.39 is 0 Å². The zero-order chi connectivity index (χ0) is 17.1.